The molecule has 2 aromatic heterocycles. The number of rotatable bonds is 5. The molecule has 0 aliphatic heterocycles. The van der Waals surface area contributed by atoms with Gasteiger partial charge in [0.15, 0.2) is 0 Å². The van der Waals surface area contributed by atoms with Crippen LogP contribution in [0, 0.1) is 6.92 Å². The standard InChI is InChI=1S/C19H20BrN3O/c1-3-4-5-14-6-9-16(10-7-14)22-19(24)18-13(2)21-17-11-8-15(20)12-23(17)18/h6-12H,3-5H2,1-2H3,(H,22,24). The summed E-state index contributed by atoms with van der Waals surface area (Å²) in [6.07, 6.45) is 5.30. The minimum absolute atomic E-state index is 0.153. The zero-order chi connectivity index (χ0) is 17.1. The number of benzene rings is 1. The molecule has 1 amide bonds. The van der Waals surface area contributed by atoms with Crippen molar-refractivity contribution in [3.8, 4) is 0 Å². The first kappa shape index (κ1) is 16.7. The van der Waals surface area contributed by atoms with Crippen molar-refractivity contribution in [2.45, 2.75) is 33.1 Å². The van der Waals surface area contributed by atoms with E-state index in [0.29, 0.717) is 11.4 Å². The normalized spacial score (nSPS) is 11.0. The SMILES string of the molecule is CCCCc1ccc(NC(=O)c2c(C)nc3ccc(Br)cn23)cc1. The number of imidazole rings is 1. The minimum Gasteiger partial charge on any atom is -0.321 e. The number of nitrogens with zero attached hydrogens (tertiary/aromatic N) is 2. The van der Waals surface area contributed by atoms with Gasteiger partial charge in [-0.3, -0.25) is 9.20 Å². The van der Waals surface area contributed by atoms with Crippen molar-refractivity contribution in [3.63, 3.8) is 0 Å². The summed E-state index contributed by atoms with van der Waals surface area (Å²) < 4.78 is 2.71. The molecule has 0 radical (unpaired) electrons. The third-order valence-electron chi connectivity index (χ3n) is 4.00. The highest BCUT2D eigenvalue weighted by Gasteiger charge is 2.16. The number of halogens is 1. The Morgan fingerprint density at radius 2 is 1.96 bits per heavy atom. The molecule has 3 rings (SSSR count). The lowest BCUT2D eigenvalue weighted by molar-refractivity contribution is 0.102. The molecule has 0 bridgehead atoms. The van der Waals surface area contributed by atoms with Crippen molar-refractivity contribution in [1.29, 1.82) is 0 Å². The van der Waals surface area contributed by atoms with Crippen molar-refractivity contribution in [3.05, 3.63) is 64.0 Å². The van der Waals surface area contributed by atoms with E-state index in [1.807, 2.05) is 41.8 Å². The molecule has 0 atom stereocenters. The van der Waals surface area contributed by atoms with Crippen LogP contribution in [-0.4, -0.2) is 15.3 Å². The number of fused-ring (bicyclic) bond motifs is 1. The Bertz CT molecular complexity index is 868. The Hall–Kier alpha value is -2.14. The Labute approximate surface area is 150 Å². The fourth-order valence-electron chi connectivity index (χ4n) is 2.74. The van der Waals surface area contributed by atoms with Gasteiger partial charge < -0.3 is 5.32 Å². The van der Waals surface area contributed by atoms with Crippen molar-refractivity contribution < 1.29 is 4.79 Å². The van der Waals surface area contributed by atoms with Crippen LogP contribution >= 0.6 is 15.9 Å². The maximum Gasteiger partial charge on any atom is 0.274 e. The van der Waals surface area contributed by atoms with Crippen LogP contribution in [0.15, 0.2) is 47.1 Å². The number of anilines is 1. The van der Waals surface area contributed by atoms with Gasteiger partial charge in [-0.05, 0) is 65.5 Å². The van der Waals surface area contributed by atoms with Crippen molar-refractivity contribution in [2.75, 3.05) is 5.32 Å². The van der Waals surface area contributed by atoms with Gasteiger partial charge >= 0.3 is 0 Å². The topological polar surface area (TPSA) is 46.4 Å². The molecule has 0 spiro atoms. The first-order valence-corrected chi connectivity index (χ1v) is 8.92. The largest absolute Gasteiger partial charge is 0.321 e. The molecule has 4 nitrogen and oxygen atoms in total. The molecule has 2 heterocycles. The molecule has 0 aliphatic carbocycles. The molecule has 0 aliphatic rings. The van der Waals surface area contributed by atoms with E-state index in [0.717, 1.165) is 22.2 Å². The van der Waals surface area contributed by atoms with Crippen LogP contribution in [0.2, 0.25) is 0 Å². The average molecular weight is 386 g/mol. The first-order valence-electron chi connectivity index (χ1n) is 8.13. The number of nitrogens with one attached hydrogen (secondary N) is 1. The van der Waals surface area contributed by atoms with E-state index in [9.17, 15) is 4.79 Å². The summed E-state index contributed by atoms with van der Waals surface area (Å²) in [7, 11) is 0. The molecule has 0 fully saturated rings. The van der Waals surface area contributed by atoms with Crippen molar-refractivity contribution >= 4 is 33.2 Å². The number of unbranched alkanes of at least 4 members (excludes halogenated alkanes) is 1. The fourth-order valence-corrected chi connectivity index (χ4v) is 3.07. The summed E-state index contributed by atoms with van der Waals surface area (Å²) in [5, 5.41) is 2.96. The molecule has 0 unspecified atom stereocenters. The smallest absolute Gasteiger partial charge is 0.274 e. The van der Waals surface area contributed by atoms with Gasteiger partial charge in [-0.1, -0.05) is 25.5 Å². The van der Waals surface area contributed by atoms with E-state index in [2.05, 4.69) is 45.3 Å². The number of pyridine rings is 1. The summed E-state index contributed by atoms with van der Waals surface area (Å²) in [6, 6.07) is 11.9. The highest BCUT2D eigenvalue weighted by atomic mass is 79.9. The van der Waals surface area contributed by atoms with Crippen LogP contribution < -0.4 is 5.32 Å². The Balaban J connectivity index is 1.82. The molecular formula is C19H20BrN3O. The summed E-state index contributed by atoms with van der Waals surface area (Å²) >= 11 is 3.44. The van der Waals surface area contributed by atoms with Crippen molar-refractivity contribution in [1.82, 2.24) is 9.38 Å². The molecule has 124 valence electrons. The highest BCUT2D eigenvalue weighted by Crippen LogP contribution is 2.19. The highest BCUT2D eigenvalue weighted by molar-refractivity contribution is 9.10. The second kappa shape index (κ2) is 7.18. The van der Waals surface area contributed by atoms with Crippen LogP contribution in [0.5, 0.6) is 0 Å². The maximum absolute atomic E-state index is 12.7. The van der Waals surface area contributed by atoms with Gasteiger partial charge in [0.1, 0.15) is 11.3 Å². The minimum atomic E-state index is -0.153. The molecular weight excluding hydrogens is 366 g/mol. The van der Waals surface area contributed by atoms with Gasteiger partial charge in [0.2, 0.25) is 0 Å². The lowest BCUT2D eigenvalue weighted by atomic mass is 10.1. The van der Waals surface area contributed by atoms with Gasteiger partial charge in [-0.2, -0.15) is 0 Å². The molecule has 3 aromatic rings. The van der Waals surface area contributed by atoms with Gasteiger partial charge in [-0.25, -0.2) is 4.98 Å². The summed E-state index contributed by atoms with van der Waals surface area (Å²) in [4.78, 5) is 17.1. The Kier molecular flexibility index (Phi) is 5.00. The molecule has 0 saturated carbocycles. The van der Waals surface area contributed by atoms with E-state index in [1.165, 1.54) is 18.4 Å². The van der Waals surface area contributed by atoms with Gasteiger partial charge in [0.05, 0.1) is 5.69 Å². The van der Waals surface area contributed by atoms with Crippen LogP contribution in [0.3, 0.4) is 0 Å². The monoisotopic (exact) mass is 385 g/mol. The van der Waals surface area contributed by atoms with Crippen LogP contribution in [0.25, 0.3) is 5.65 Å². The van der Waals surface area contributed by atoms with E-state index in [1.54, 1.807) is 0 Å². The van der Waals surface area contributed by atoms with Crippen molar-refractivity contribution in [2.24, 2.45) is 0 Å². The number of amides is 1. The number of hydrogen-bond acceptors (Lipinski definition) is 2. The van der Waals surface area contributed by atoms with Crippen LogP contribution in [0.1, 0.15) is 41.5 Å². The zero-order valence-corrected chi connectivity index (χ0v) is 15.4. The molecule has 0 saturated heterocycles. The predicted octanol–water partition coefficient (Wildman–Crippen LogP) is 5.00. The second-order valence-corrected chi connectivity index (χ2v) is 6.79. The molecule has 1 N–H and O–H groups in total. The third kappa shape index (κ3) is 3.51. The number of aryl methyl sites for hydroxylation is 2. The lowest BCUT2D eigenvalue weighted by Crippen LogP contribution is -2.15. The summed E-state index contributed by atoms with van der Waals surface area (Å²) in [6.45, 7) is 4.04. The zero-order valence-electron chi connectivity index (χ0n) is 13.8. The van der Waals surface area contributed by atoms with Crippen LogP contribution in [-0.2, 0) is 6.42 Å². The Morgan fingerprint density at radius 3 is 2.67 bits per heavy atom. The second-order valence-electron chi connectivity index (χ2n) is 5.88. The third-order valence-corrected chi connectivity index (χ3v) is 4.47. The van der Waals surface area contributed by atoms with E-state index in [-0.39, 0.29) is 5.91 Å². The number of aromatic nitrogens is 2. The maximum atomic E-state index is 12.7. The van der Waals surface area contributed by atoms with Gasteiger partial charge in [-0.15, -0.1) is 0 Å². The van der Waals surface area contributed by atoms with E-state index >= 15 is 0 Å². The number of hydrogen-bond donors (Lipinski definition) is 1. The Morgan fingerprint density at radius 1 is 1.21 bits per heavy atom. The van der Waals surface area contributed by atoms with Crippen LogP contribution in [0.4, 0.5) is 5.69 Å². The summed E-state index contributed by atoms with van der Waals surface area (Å²) in [5.41, 5.74) is 4.12. The van der Waals surface area contributed by atoms with E-state index < -0.39 is 0 Å². The first-order chi connectivity index (χ1) is 11.6. The fraction of sp³-hybridized carbons (Fsp3) is 0.263. The van der Waals surface area contributed by atoms with Gasteiger partial charge in [0, 0.05) is 16.4 Å². The average Bonchev–Trinajstić information content (AvgIpc) is 2.89. The van der Waals surface area contributed by atoms with E-state index in [4.69, 9.17) is 0 Å². The summed E-state index contributed by atoms with van der Waals surface area (Å²) in [5.74, 6) is -0.153. The lowest BCUT2D eigenvalue weighted by Gasteiger charge is -2.07. The predicted molar refractivity (Wildman–Crippen MR) is 101 cm³/mol. The van der Waals surface area contributed by atoms with Gasteiger partial charge in [0.25, 0.3) is 5.91 Å². The quantitative estimate of drug-likeness (QED) is 0.671. The number of carbonyl (C=O) groups is 1. The molecule has 24 heavy (non-hydrogen) atoms. The molecule has 5 heteroatoms. The number of carbonyl (C=O) groups excluding carboxylic acids is 1. The molecule has 1 aromatic carbocycles.